The number of benzene rings is 2. The van der Waals surface area contributed by atoms with Gasteiger partial charge in [0.1, 0.15) is 6.04 Å². The zero-order chi connectivity index (χ0) is 19.8. The highest BCUT2D eigenvalue weighted by Crippen LogP contribution is 2.28. The number of thioether (sulfide) groups is 1. The second-order valence-corrected chi connectivity index (χ2v) is 6.92. The first kappa shape index (κ1) is 20.5. The van der Waals surface area contributed by atoms with Crippen LogP contribution in [0, 0.1) is 0 Å². The van der Waals surface area contributed by atoms with Gasteiger partial charge in [-0.2, -0.15) is 0 Å². The molecule has 27 heavy (non-hydrogen) atoms. The van der Waals surface area contributed by atoms with Crippen molar-refractivity contribution in [3.05, 3.63) is 71.3 Å². The molecule has 0 radical (unpaired) electrons. The lowest BCUT2D eigenvalue weighted by Gasteiger charge is -2.19. The second kappa shape index (κ2) is 9.75. The van der Waals surface area contributed by atoms with Crippen LogP contribution in [0.4, 0.5) is 0 Å². The lowest BCUT2D eigenvalue weighted by molar-refractivity contribution is -0.138. The van der Waals surface area contributed by atoms with Gasteiger partial charge in [-0.25, -0.2) is 9.59 Å². The molecule has 0 heterocycles. The van der Waals surface area contributed by atoms with Crippen molar-refractivity contribution in [3.63, 3.8) is 0 Å². The predicted octanol–water partition coefficient (Wildman–Crippen LogP) is 2.00. The number of aromatic carboxylic acids is 1. The Balaban J connectivity index is 2.09. The molecule has 2 rings (SSSR count). The smallest absolute Gasteiger partial charge is 0.336 e. The number of nitrogens with two attached hydrogens (primary N) is 1. The van der Waals surface area contributed by atoms with Crippen molar-refractivity contribution in [3.8, 4) is 0 Å². The highest BCUT2D eigenvalue weighted by molar-refractivity contribution is 7.99. The van der Waals surface area contributed by atoms with Crippen LogP contribution in [-0.2, 0) is 4.79 Å². The van der Waals surface area contributed by atoms with E-state index in [1.807, 2.05) is 30.3 Å². The standard InChI is InChI=1S/C19H20N2O5S/c20-10-16(12-6-2-1-3-7-12)27-11-15(19(25)26)21-17(22)13-8-4-5-9-14(13)18(23)24/h1-9,15-16H,10-11,20H2,(H,21,22)(H,23,24)(H,25,26)/t15-,16?/m0/s1. The minimum Gasteiger partial charge on any atom is -0.480 e. The normalized spacial score (nSPS) is 12.8. The van der Waals surface area contributed by atoms with Crippen LogP contribution in [0.15, 0.2) is 54.6 Å². The number of nitrogens with one attached hydrogen (secondary N) is 1. The Hall–Kier alpha value is -2.84. The van der Waals surface area contributed by atoms with E-state index in [9.17, 15) is 24.6 Å². The van der Waals surface area contributed by atoms with E-state index in [0.717, 1.165) is 5.56 Å². The first-order valence-electron chi connectivity index (χ1n) is 8.16. The first-order valence-corrected chi connectivity index (χ1v) is 9.21. The van der Waals surface area contributed by atoms with E-state index in [1.54, 1.807) is 0 Å². The van der Waals surface area contributed by atoms with Gasteiger partial charge >= 0.3 is 11.9 Å². The van der Waals surface area contributed by atoms with Gasteiger partial charge in [-0.1, -0.05) is 42.5 Å². The average Bonchev–Trinajstić information content (AvgIpc) is 2.68. The van der Waals surface area contributed by atoms with Crippen molar-refractivity contribution in [1.82, 2.24) is 5.32 Å². The van der Waals surface area contributed by atoms with Gasteiger partial charge in [0.25, 0.3) is 5.91 Å². The number of carbonyl (C=O) groups excluding carboxylic acids is 1. The third kappa shape index (κ3) is 5.57. The molecule has 0 aliphatic carbocycles. The van der Waals surface area contributed by atoms with Crippen LogP contribution in [0.5, 0.6) is 0 Å². The number of hydrogen-bond donors (Lipinski definition) is 4. The molecule has 1 amide bonds. The molecule has 1 unspecified atom stereocenters. The molecular weight excluding hydrogens is 368 g/mol. The van der Waals surface area contributed by atoms with Crippen LogP contribution in [0.2, 0.25) is 0 Å². The maximum absolute atomic E-state index is 12.4. The Bertz CT molecular complexity index is 813. The predicted molar refractivity (Wildman–Crippen MR) is 103 cm³/mol. The van der Waals surface area contributed by atoms with E-state index in [-0.39, 0.29) is 22.1 Å². The molecule has 0 aliphatic rings. The van der Waals surface area contributed by atoms with Crippen molar-refractivity contribution in [1.29, 1.82) is 0 Å². The van der Waals surface area contributed by atoms with Gasteiger partial charge in [-0.05, 0) is 17.7 Å². The molecule has 2 aromatic carbocycles. The average molecular weight is 388 g/mol. The third-order valence-corrected chi connectivity index (χ3v) is 5.25. The zero-order valence-corrected chi connectivity index (χ0v) is 15.2. The number of carboxylic acids is 2. The largest absolute Gasteiger partial charge is 0.480 e. The summed E-state index contributed by atoms with van der Waals surface area (Å²) in [4.78, 5) is 35.2. The van der Waals surface area contributed by atoms with Crippen LogP contribution in [0.3, 0.4) is 0 Å². The minimum atomic E-state index is -1.26. The molecule has 0 aromatic heterocycles. The van der Waals surface area contributed by atoms with Crippen LogP contribution in [-0.4, -0.2) is 46.4 Å². The third-order valence-electron chi connectivity index (χ3n) is 3.86. The maximum atomic E-state index is 12.4. The zero-order valence-electron chi connectivity index (χ0n) is 14.4. The quantitative estimate of drug-likeness (QED) is 0.517. The fourth-order valence-corrected chi connectivity index (χ4v) is 3.60. The summed E-state index contributed by atoms with van der Waals surface area (Å²) in [5, 5.41) is 20.9. The van der Waals surface area contributed by atoms with Gasteiger partial charge in [0.2, 0.25) is 0 Å². The lowest BCUT2D eigenvalue weighted by atomic mass is 10.1. The van der Waals surface area contributed by atoms with Crippen molar-refractivity contribution >= 4 is 29.6 Å². The highest BCUT2D eigenvalue weighted by Gasteiger charge is 2.25. The van der Waals surface area contributed by atoms with Gasteiger partial charge in [0, 0.05) is 17.5 Å². The van der Waals surface area contributed by atoms with E-state index in [0.29, 0.717) is 6.54 Å². The molecule has 5 N–H and O–H groups in total. The molecule has 0 spiro atoms. The Morgan fingerprint density at radius 1 is 0.963 bits per heavy atom. The molecule has 0 fully saturated rings. The molecule has 142 valence electrons. The van der Waals surface area contributed by atoms with Crippen molar-refractivity contribution in [2.24, 2.45) is 5.73 Å². The topological polar surface area (TPSA) is 130 Å². The first-order chi connectivity index (χ1) is 12.9. The monoisotopic (exact) mass is 388 g/mol. The Morgan fingerprint density at radius 3 is 2.11 bits per heavy atom. The number of rotatable bonds is 9. The van der Waals surface area contributed by atoms with Gasteiger partial charge in [0.05, 0.1) is 11.1 Å². The minimum absolute atomic E-state index is 0.0836. The summed E-state index contributed by atoms with van der Waals surface area (Å²) in [5.41, 5.74) is 6.49. The Labute approximate surface area is 160 Å². The molecule has 0 aliphatic heterocycles. The lowest BCUT2D eigenvalue weighted by Crippen LogP contribution is -2.43. The second-order valence-electron chi connectivity index (χ2n) is 5.68. The van der Waals surface area contributed by atoms with E-state index in [4.69, 9.17) is 5.73 Å². The number of hydrogen-bond acceptors (Lipinski definition) is 5. The van der Waals surface area contributed by atoms with E-state index >= 15 is 0 Å². The van der Waals surface area contributed by atoms with Crippen molar-refractivity contribution in [2.45, 2.75) is 11.3 Å². The maximum Gasteiger partial charge on any atom is 0.336 e. The van der Waals surface area contributed by atoms with Crippen LogP contribution in [0.25, 0.3) is 0 Å². The summed E-state index contributed by atoms with van der Waals surface area (Å²) >= 11 is 1.32. The van der Waals surface area contributed by atoms with Gasteiger partial charge < -0.3 is 21.3 Å². The Morgan fingerprint density at radius 2 is 1.56 bits per heavy atom. The summed E-state index contributed by atoms with van der Waals surface area (Å²) in [6.07, 6.45) is 0. The molecular formula is C19H20N2O5S. The highest BCUT2D eigenvalue weighted by atomic mass is 32.2. The summed E-state index contributed by atoms with van der Waals surface area (Å²) in [5.74, 6) is -3.11. The number of aliphatic carboxylic acids is 1. The number of carbonyl (C=O) groups is 3. The summed E-state index contributed by atoms with van der Waals surface area (Å²) in [6, 6.07) is 13.9. The van der Waals surface area contributed by atoms with E-state index in [1.165, 1.54) is 36.0 Å². The summed E-state index contributed by atoms with van der Waals surface area (Å²) < 4.78 is 0. The SMILES string of the molecule is NCC(SC[C@H](NC(=O)c1ccccc1C(=O)O)C(=O)O)c1ccccc1. The molecule has 0 saturated carbocycles. The molecule has 2 atom stereocenters. The van der Waals surface area contributed by atoms with Gasteiger partial charge in [0.15, 0.2) is 0 Å². The summed E-state index contributed by atoms with van der Waals surface area (Å²) in [6.45, 7) is 0.316. The van der Waals surface area contributed by atoms with Crippen LogP contribution < -0.4 is 11.1 Å². The van der Waals surface area contributed by atoms with Gasteiger partial charge in [-0.15, -0.1) is 11.8 Å². The van der Waals surface area contributed by atoms with Crippen LogP contribution in [0.1, 0.15) is 31.5 Å². The van der Waals surface area contributed by atoms with Crippen molar-refractivity contribution < 1.29 is 24.6 Å². The van der Waals surface area contributed by atoms with E-state index in [2.05, 4.69) is 5.32 Å². The molecule has 0 saturated heterocycles. The Kier molecular flexibility index (Phi) is 7.39. The fourth-order valence-electron chi connectivity index (χ4n) is 2.46. The molecule has 8 heteroatoms. The molecule has 2 aromatic rings. The number of amides is 1. The van der Waals surface area contributed by atoms with E-state index < -0.39 is 23.9 Å². The van der Waals surface area contributed by atoms with Crippen LogP contribution >= 0.6 is 11.8 Å². The number of carboxylic acid groups (broad SMARTS) is 2. The van der Waals surface area contributed by atoms with Crippen molar-refractivity contribution in [2.75, 3.05) is 12.3 Å². The molecule has 7 nitrogen and oxygen atoms in total. The molecule has 0 bridgehead atoms. The fraction of sp³-hybridized carbons (Fsp3) is 0.211. The van der Waals surface area contributed by atoms with Gasteiger partial charge in [-0.3, -0.25) is 4.79 Å². The summed E-state index contributed by atoms with van der Waals surface area (Å²) in [7, 11) is 0.